The van der Waals surface area contributed by atoms with E-state index in [4.69, 9.17) is 0 Å². The normalized spacial score (nSPS) is 12.2. The highest BCUT2D eigenvalue weighted by Crippen LogP contribution is 2.31. The van der Waals surface area contributed by atoms with E-state index in [1.807, 2.05) is 6.92 Å². The third-order valence-corrected chi connectivity index (χ3v) is 3.23. The molecule has 6 nitrogen and oxygen atoms in total. The van der Waals surface area contributed by atoms with Gasteiger partial charge in [-0.05, 0) is 18.1 Å². The number of benzene rings is 1. The van der Waals surface area contributed by atoms with Crippen LogP contribution in [0.3, 0.4) is 0 Å². The first-order valence-electron chi connectivity index (χ1n) is 6.31. The minimum atomic E-state index is -0.925. The third-order valence-electron chi connectivity index (χ3n) is 3.23. The second kappa shape index (κ2) is 5.64. The van der Waals surface area contributed by atoms with Crippen LogP contribution in [0.5, 0.6) is 0 Å². The summed E-state index contributed by atoms with van der Waals surface area (Å²) in [4.78, 5) is 25.9. The Hall–Kier alpha value is -2.50. The topological polar surface area (TPSA) is 93.3 Å². The van der Waals surface area contributed by atoms with E-state index in [0.29, 0.717) is 17.4 Å². The Labute approximate surface area is 115 Å². The van der Waals surface area contributed by atoms with Crippen LogP contribution in [0, 0.1) is 10.1 Å². The number of carbonyl (C=O) groups is 1. The largest absolute Gasteiger partial charge is 0.481 e. The first-order valence-corrected chi connectivity index (χ1v) is 6.31. The maximum absolute atomic E-state index is 11.4. The Morgan fingerprint density at radius 1 is 1.45 bits per heavy atom. The summed E-state index contributed by atoms with van der Waals surface area (Å²) in [7, 11) is 0. The molecule has 1 aromatic carbocycles. The summed E-state index contributed by atoms with van der Waals surface area (Å²) in [5.74, 6) is -1.60. The number of hydrogen-bond acceptors (Lipinski definition) is 4. The molecule has 1 heterocycles. The standard InChI is InChI=1S/C14H14N2O4/c1-2-4-11(14(17)18)9-7-8-15-13-10(9)5-3-6-12(13)16(19)20/h3,5-8,11H,2,4H2,1H3,(H,17,18). The number of para-hydroxylation sites is 1. The lowest BCUT2D eigenvalue weighted by molar-refractivity contribution is -0.383. The summed E-state index contributed by atoms with van der Waals surface area (Å²) in [6.45, 7) is 1.90. The zero-order valence-electron chi connectivity index (χ0n) is 10.9. The Bertz CT molecular complexity index is 669. The number of nitro groups is 1. The number of nitro benzene ring substituents is 1. The molecule has 6 heteroatoms. The molecule has 0 aliphatic carbocycles. The van der Waals surface area contributed by atoms with Crippen LogP contribution < -0.4 is 0 Å². The number of non-ortho nitro benzene ring substituents is 1. The first kappa shape index (κ1) is 13.9. The number of nitrogens with zero attached hydrogens (tertiary/aromatic N) is 2. The second-order valence-corrected chi connectivity index (χ2v) is 4.51. The van der Waals surface area contributed by atoms with Gasteiger partial charge in [-0.2, -0.15) is 0 Å². The van der Waals surface area contributed by atoms with E-state index >= 15 is 0 Å². The SMILES string of the molecule is CCCC(C(=O)O)c1ccnc2c([N+](=O)[O-])cccc12. The zero-order valence-corrected chi connectivity index (χ0v) is 10.9. The molecule has 1 aromatic heterocycles. The molecule has 0 aliphatic heterocycles. The molecule has 0 radical (unpaired) electrons. The van der Waals surface area contributed by atoms with Gasteiger partial charge in [0.25, 0.3) is 5.69 Å². The molecular formula is C14H14N2O4. The Morgan fingerprint density at radius 2 is 2.20 bits per heavy atom. The summed E-state index contributed by atoms with van der Waals surface area (Å²) in [5.41, 5.74) is 0.704. The molecular weight excluding hydrogens is 260 g/mol. The van der Waals surface area contributed by atoms with Gasteiger partial charge in [0.2, 0.25) is 0 Å². The van der Waals surface area contributed by atoms with Crippen molar-refractivity contribution in [2.75, 3.05) is 0 Å². The highest BCUT2D eigenvalue weighted by Gasteiger charge is 2.23. The van der Waals surface area contributed by atoms with Crippen LogP contribution in [-0.2, 0) is 4.79 Å². The van der Waals surface area contributed by atoms with E-state index < -0.39 is 16.8 Å². The van der Waals surface area contributed by atoms with Crippen molar-refractivity contribution in [1.82, 2.24) is 4.98 Å². The van der Waals surface area contributed by atoms with Gasteiger partial charge >= 0.3 is 5.97 Å². The Morgan fingerprint density at radius 3 is 2.80 bits per heavy atom. The Balaban J connectivity index is 2.68. The van der Waals surface area contributed by atoms with Crippen LogP contribution >= 0.6 is 0 Å². The minimum absolute atomic E-state index is 0.106. The van der Waals surface area contributed by atoms with Gasteiger partial charge in [0.15, 0.2) is 0 Å². The predicted octanol–water partition coefficient (Wildman–Crippen LogP) is 3.11. The van der Waals surface area contributed by atoms with Crippen molar-refractivity contribution in [1.29, 1.82) is 0 Å². The van der Waals surface area contributed by atoms with E-state index in [9.17, 15) is 20.0 Å². The lowest BCUT2D eigenvalue weighted by Crippen LogP contribution is -2.12. The van der Waals surface area contributed by atoms with Gasteiger partial charge in [0.05, 0.1) is 10.8 Å². The number of aromatic nitrogens is 1. The number of pyridine rings is 1. The number of fused-ring (bicyclic) bond motifs is 1. The van der Waals surface area contributed by atoms with Gasteiger partial charge in [-0.25, -0.2) is 4.98 Å². The summed E-state index contributed by atoms with van der Waals surface area (Å²) in [6.07, 6.45) is 2.63. The molecule has 0 saturated heterocycles. The van der Waals surface area contributed by atoms with Crippen molar-refractivity contribution in [3.05, 3.63) is 46.1 Å². The fraction of sp³-hybridized carbons (Fsp3) is 0.286. The van der Waals surface area contributed by atoms with E-state index in [1.165, 1.54) is 12.3 Å². The minimum Gasteiger partial charge on any atom is -0.481 e. The molecule has 20 heavy (non-hydrogen) atoms. The Kier molecular flexibility index (Phi) is 3.93. The number of carboxylic acids is 1. The molecule has 0 aliphatic rings. The number of hydrogen-bond donors (Lipinski definition) is 1. The molecule has 1 N–H and O–H groups in total. The molecule has 0 fully saturated rings. The van der Waals surface area contributed by atoms with Gasteiger partial charge in [-0.3, -0.25) is 14.9 Å². The highest BCUT2D eigenvalue weighted by atomic mass is 16.6. The molecule has 1 atom stereocenters. The lowest BCUT2D eigenvalue weighted by Gasteiger charge is -2.13. The number of carboxylic acid groups (broad SMARTS) is 1. The molecule has 1 unspecified atom stereocenters. The fourth-order valence-corrected chi connectivity index (χ4v) is 2.33. The van der Waals surface area contributed by atoms with Crippen molar-refractivity contribution in [2.24, 2.45) is 0 Å². The summed E-state index contributed by atoms with van der Waals surface area (Å²) in [6, 6.07) is 6.22. The molecule has 2 rings (SSSR count). The molecule has 0 bridgehead atoms. The fourth-order valence-electron chi connectivity index (χ4n) is 2.33. The molecule has 0 saturated carbocycles. The maximum atomic E-state index is 11.4. The quantitative estimate of drug-likeness (QED) is 0.667. The summed E-state index contributed by atoms with van der Waals surface area (Å²) in [5, 5.41) is 20.9. The highest BCUT2D eigenvalue weighted by molar-refractivity contribution is 5.93. The number of aliphatic carboxylic acids is 1. The second-order valence-electron chi connectivity index (χ2n) is 4.51. The monoisotopic (exact) mass is 274 g/mol. The van der Waals surface area contributed by atoms with E-state index in [2.05, 4.69) is 4.98 Å². The van der Waals surface area contributed by atoms with Crippen molar-refractivity contribution >= 4 is 22.6 Å². The van der Waals surface area contributed by atoms with Crippen molar-refractivity contribution in [3.63, 3.8) is 0 Å². The van der Waals surface area contributed by atoms with Crippen molar-refractivity contribution in [3.8, 4) is 0 Å². The molecule has 104 valence electrons. The van der Waals surface area contributed by atoms with Crippen LogP contribution in [0.15, 0.2) is 30.5 Å². The van der Waals surface area contributed by atoms with Crippen molar-refractivity contribution < 1.29 is 14.8 Å². The predicted molar refractivity (Wildman–Crippen MR) is 73.7 cm³/mol. The van der Waals surface area contributed by atoms with Gasteiger partial charge < -0.3 is 5.11 Å². The molecule has 2 aromatic rings. The average Bonchev–Trinajstić information content (AvgIpc) is 2.43. The van der Waals surface area contributed by atoms with Crippen LogP contribution in [0.1, 0.15) is 31.2 Å². The third kappa shape index (κ3) is 2.45. The van der Waals surface area contributed by atoms with Gasteiger partial charge in [-0.15, -0.1) is 0 Å². The van der Waals surface area contributed by atoms with Gasteiger partial charge in [0.1, 0.15) is 5.52 Å². The van der Waals surface area contributed by atoms with Crippen molar-refractivity contribution in [2.45, 2.75) is 25.7 Å². The lowest BCUT2D eigenvalue weighted by atomic mass is 9.92. The number of rotatable bonds is 5. The van der Waals surface area contributed by atoms with Crippen LogP contribution in [0.4, 0.5) is 5.69 Å². The molecule has 0 amide bonds. The van der Waals surface area contributed by atoms with Crippen LogP contribution in [0.25, 0.3) is 10.9 Å². The van der Waals surface area contributed by atoms with E-state index in [1.54, 1.807) is 18.2 Å². The van der Waals surface area contributed by atoms with E-state index in [0.717, 1.165) is 6.42 Å². The zero-order chi connectivity index (χ0) is 14.7. The first-order chi connectivity index (χ1) is 9.56. The molecule has 0 spiro atoms. The van der Waals surface area contributed by atoms with Crippen LogP contribution in [0.2, 0.25) is 0 Å². The van der Waals surface area contributed by atoms with Gasteiger partial charge in [0, 0.05) is 17.6 Å². The van der Waals surface area contributed by atoms with E-state index in [-0.39, 0.29) is 11.2 Å². The smallest absolute Gasteiger partial charge is 0.310 e. The maximum Gasteiger partial charge on any atom is 0.310 e. The van der Waals surface area contributed by atoms with Crippen LogP contribution in [-0.4, -0.2) is 21.0 Å². The summed E-state index contributed by atoms with van der Waals surface area (Å²) < 4.78 is 0. The van der Waals surface area contributed by atoms with Gasteiger partial charge in [-0.1, -0.05) is 25.5 Å². The summed E-state index contributed by atoms with van der Waals surface area (Å²) >= 11 is 0. The average molecular weight is 274 g/mol.